The average molecular weight is 269 g/mol. The molecule has 0 aliphatic rings. The zero-order chi connectivity index (χ0) is 14.1. The molecule has 0 saturated heterocycles. The number of nitrogens with zero attached hydrogens (tertiary/aromatic N) is 2. The monoisotopic (exact) mass is 269 g/mol. The number of rotatable bonds is 10. The van der Waals surface area contributed by atoms with Crippen LogP contribution in [0.15, 0.2) is 12.4 Å². The summed E-state index contributed by atoms with van der Waals surface area (Å²) in [6.45, 7) is 9.54. The van der Waals surface area contributed by atoms with Gasteiger partial charge in [-0.3, -0.25) is 0 Å². The van der Waals surface area contributed by atoms with Crippen molar-refractivity contribution in [3.8, 4) is 0 Å². The van der Waals surface area contributed by atoms with Crippen LogP contribution in [0.5, 0.6) is 0 Å². The number of ether oxygens (including phenoxy) is 2. The molecule has 1 aromatic heterocycles. The van der Waals surface area contributed by atoms with Gasteiger partial charge in [-0.15, -0.1) is 0 Å². The first-order chi connectivity index (χ1) is 9.19. The highest BCUT2D eigenvalue weighted by Gasteiger charge is 2.15. The van der Waals surface area contributed by atoms with E-state index < -0.39 is 0 Å². The summed E-state index contributed by atoms with van der Waals surface area (Å²) in [4.78, 5) is 4.38. The SMILES string of the molecule is CCOCCCn1ccnc1NC(COC)C(C)C. The van der Waals surface area contributed by atoms with Gasteiger partial charge in [0.15, 0.2) is 0 Å². The van der Waals surface area contributed by atoms with Crippen LogP contribution in [-0.4, -0.2) is 42.5 Å². The van der Waals surface area contributed by atoms with Crippen molar-refractivity contribution in [2.24, 2.45) is 5.92 Å². The van der Waals surface area contributed by atoms with Gasteiger partial charge in [-0.25, -0.2) is 4.98 Å². The van der Waals surface area contributed by atoms with Crippen molar-refractivity contribution in [3.05, 3.63) is 12.4 Å². The zero-order valence-corrected chi connectivity index (χ0v) is 12.6. The maximum Gasteiger partial charge on any atom is 0.203 e. The molecule has 0 aliphatic carbocycles. The minimum absolute atomic E-state index is 0.276. The molecule has 0 spiro atoms. The quantitative estimate of drug-likeness (QED) is 0.663. The normalized spacial score (nSPS) is 12.9. The van der Waals surface area contributed by atoms with Crippen LogP contribution in [0.1, 0.15) is 27.2 Å². The molecule has 0 radical (unpaired) electrons. The van der Waals surface area contributed by atoms with Gasteiger partial charge >= 0.3 is 0 Å². The van der Waals surface area contributed by atoms with Crippen molar-refractivity contribution in [1.82, 2.24) is 9.55 Å². The van der Waals surface area contributed by atoms with Gasteiger partial charge in [0.25, 0.3) is 0 Å². The molecule has 1 N–H and O–H groups in total. The van der Waals surface area contributed by atoms with E-state index in [4.69, 9.17) is 9.47 Å². The predicted octanol–water partition coefficient (Wildman–Crippen LogP) is 2.39. The molecular weight excluding hydrogens is 242 g/mol. The summed E-state index contributed by atoms with van der Waals surface area (Å²) >= 11 is 0. The summed E-state index contributed by atoms with van der Waals surface area (Å²) in [5.41, 5.74) is 0. The van der Waals surface area contributed by atoms with E-state index in [-0.39, 0.29) is 6.04 Å². The molecule has 0 fully saturated rings. The van der Waals surface area contributed by atoms with Crippen LogP contribution in [0.2, 0.25) is 0 Å². The molecule has 1 aromatic rings. The fourth-order valence-electron chi connectivity index (χ4n) is 1.86. The van der Waals surface area contributed by atoms with Crippen LogP contribution in [0.4, 0.5) is 5.95 Å². The molecule has 1 heterocycles. The molecule has 0 amide bonds. The second-order valence-corrected chi connectivity index (χ2v) is 4.94. The van der Waals surface area contributed by atoms with E-state index in [1.165, 1.54) is 0 Å². The summed E-state index contributed by atoms with van der Waals surface area (Å²) in [6, 6.07) is 0.276. The third-order valence-electron chi connectivity index (χ3n) is 3.07. The van der Waals surface area contributed by atoms with Crippen LogP contribution in [0.3, 0.4) is 0 Å². The molecule has 19 heavy (non-hydrogen) atoms. The third-order valence-corrected chi connectivity index (χ3v) is 3.07. The van der Waals surface area contributed by atoms with Crippen LogP contribution < -0.4 is 5.32 Å². The molecule has 110 valence electrons. The van der Waals surface area contributed by atoms with Gasteiger partial charge in [0, 0.05) is 39.3 Å². The number of nitrogens with one attached hydrogen (secondary N) is 1. The van der Waals surface area contributed by atoms with E-state index in [9.17, 15) is 0 Å². The van der Waals surface area contributed by atoms with Crippen molar-refractivity contribution in [1.29, 1.82) is 0 Å². The van der Waals surface area contributed by atoms with Crippen molar-refractivity contribution in [2.75, 3.05) is 32.2 Å². The van der Waals surface area contributed by atoms with Crippen LogP contribution in [0, 0.1) is 5.92 Å². The highest BCUT2D eigenvalue weighted by molar-refractivity contribution is 5.27. The van der Waals surface area contributed by atoms with Gasteiger partial charge in [-0.2, -0.15) is 0 Å². The number of anilines is 1. The number of imidazole rings is 1. The predicted molar refractivity (Wildman–Crippen MR) is 77.5 cm³/mol. The molecule has 5 nitrogen and oxygen atoms in total. The molecule has 0 saturated carbocycles. The lowest BCUT2D eigenvalue weighted by Crippen LogP contribution is -2.31. The van der Waals surface area contributed by atoms with Crippen molar-refractivity contribution in [2.45, 2.75) is 39.8 Å². The Bertz CT molecular complexity index is 339. The van der Waals surface area contributed by atoms with E-state index in [1.54, 1.807) is 7.11 Å². The Kier molecular flexibility index (Phi) is 7.52. The Morgan fingerprint density at radius 2 is 2.21 bits per heavy atom. The fourth-order valence-corrected chi connectivity index (χ4v) is 1.86. The van der Waals surface area contributed by atoms with Crippen LogP contribution in [0.25, 0.3) is 0 Å². The molecule has 1 rings (SSSR count). The van der Waals surface area contributed by atoms with Crippen molar-refractivity contribution < 1.29 is 9.47 Å². The van der Waals surface area contributed by atoms with E-state index in [1.807, 2.05) is 19.3 Å². The Morgan fingerprint density at radius 1 is 1.42 bits per heavy atom. The van der Waals surface area contributed by atoms with E-state index in [2.05, 4.69) is 28.7 Å². The minimum atomic E-state index is 0.276. The number of aryl methyl sites for hydroxylation is 1. The third kappa shape index (κ3) is 5.61. The molecule has 1 atom stereocenters. The summed E-state index contributed by atoms with van der Waals surface area (Å²) < 4.78 is 12.7. The molecule has 0 bridgehead atoms. The molecular formula is C14H27N3O2. The fraction of sp³-hybridized carbons (Fsp3) is 0.786. The smallest absolute Gasteiger partial charge is 0.203 e. The lowest BCUT2D eigenvalue weighted by atomic mass is 10.1. The van der Waals surface area contributed by atoms with Crippen molar-refractivity contribution >= 4 is 5.95 Å². The number of hydrogen-bond donors (Lipinski definition) is 1. The number of methoxy groups -OCH3 is 1. The molecule has 1 unspecified atom stereocenters. The highest BCUT2D eigenvalue weighted by Crippen LogP contribution is 2.12. The second kappa shape index (κ2) is 8.93. The standard InChI is InChI=1S/C14H27N3O2/c1-5-19-10-6-8-17-9-7-15-14(17)16-13(11-18-4)12(2)3/h7,9,12-13H,5-6,8,10-11H2,1-4H3,(H,15,16). The zero-order valence-electron chi connectivity index (χ0n) is 12.6. The lowest BCUT2D eigenvalue weighted by Gasteiger charge is -2.22. The first-order valence-electron chi connectivity index (χ1n) is 7.03. The molecule has 0 aliphatic heterocycles. The first-order valence-corrected chi connectivity index (χ1v) is 7.03. The van der Waals surface area contributed by atoms with E-state index in [0.717, 1.165) is 32.1 Å². The minimum Gasteiger partial charge on any atom is -0.383 e. The van der Waals surface area contributed by atoms with Gasteiger partial charge < -0.3 is 19.4 Å². The summed E-state index contributed by atoms with van der Waals surface area (Å²) in [5.74, 6) is 1.40. The Balaban J connectivity index is 2.50. The second-order valence-electron chi connectivity index (χ2n) is 4.94. The number of hydrogen-bond acceptors (Lipinski definition) is 4. The van der Waals surface area contributed by atoms with Gasteiger partial charge in [-0.05, 0) is 19.3 Å². The van der Waals surface area contributed by atoms with E-state index in [0.29, 0.717) is 12.5 Å². The van der Waals surface area contributed by atoms with Gasteiger partial charge in [0.05, 0.1) is 12.6 Å². The maximum atomic E-state index is 5.36. The Labute approximate surface area is 116 Å². The summed E-state index contributed by atoms with van der Waals surface area (Å²) in [7, 11) is 1.73. The summed E-state index contributed by atoms with van der Waals surface area (Å²) in [6.07, 6.45) is 4.82. The van der Waals surface area contributed by atoms with Crippen molar-refractivity contribution in [3.63, 3.8) is 0 Å². The van der Waals surface area contributed by atoms with Gasteiger partial charge in [0.1, 0.15) is 0 Å². The molecule has 5 heteroatoms. The summed E-state index contributed by atoms with van der Waals surface area (Å²) in [5, 5.41) is 3.45. The lowest BCUT2D eigenvalue weighted by molar-refractivity contribution is 0.141. The van der Waals surface area contributed by atoms with E-state index >= 15 is 0 Å². The molecule has 0 aromatic carbocycles. The average Bonchev–Trinajstić information content (AvgIpc) is 2.81. The Morgan fingerprint density at radius 3 is 2.84 bits per heavy atom. The van der Waals surface area contributed by atoms with Crippen LogP contribution in [-0.2, 0) is 16.0 Å². The maximum absolute atomic E-state index is 5.36. The largest absolute Gasteiger partial charge is 0.383 e. The van der Waals surface area contributed by atoms with Gasteiger partial charge in [0.2, 0.25) is 5.95 Å². The topological polar surface area (TPSA) is 48.3 Å². The van der Waals surface area contributed by atoms with Crippen LogP contribution >= 0.6 is 0 Å². The first kappa shape index (κ1) is 16.0. The number of aromatic nitrogens is 2. The van der Waals surface area contributed by atoms with Gasteiger partial charge in [-0.1, -0.05) is 13.8 Å². The Hall–Kier alpha value is -1.07. The highest BCUT2D eigenvalue weighted by atomic mass is 16.5.